The summed E-state index contributed by atoms with van der Waals surface area (Å²) in [6.45, 7) is 9.53. The van der Waals surface area contributed by atoms with Crippen LogP contribution >= 0.6 is 0 Å². The van der Waals surface area contributed by atoms with E-state index >= 15 is 0 Å². The minimum Gasteiger partial charge on any atom is -0.296 e. The van der Waals surface area contributed by atoms with Crippen LogP contribution in [0.5, 0.6) is 0 Å². The molecule has 1 saturated heterocycles. The summed E-state index contributed by atoms with van der Waals surface area (Å²) in [7, 11) is -3.40. The SMILES string of the molecule is Cc1cccc(CN2CCN(S(=O)(=O)c3ccc(C)c(C)c3)CC2)c1. The third-order valence-electron chi connectivity index (χ3n) is 4.94. The molecule has 4 nitrogen and oxygen atoms in total. The van der Waals surface area contributed by atoms with E-state index in [9.17, 15) is 8.42 Å². The van der Waals surface area contributed by atoms with Crippen LogP contribution in [0.3, 0.4) is 0 Å². The molecule has 0 bridgehead atoms. The Morgan fingerprint density at radius 3 is 2.24 bits per heavy atom. The fourth-order valence-corrected chi connectivity index (χ4v) is 4.73. The Bertz CT molecular complexity index is 854. The minimum atomic E-state index is -3.40. The molecule has 5 heteroatoms. The van der Waals surface area contributed by atoms with Crippen molar-refractivity contribution in [3.63, 3.8) is 0 Å². The first kappa shape index (κ1) is 18.1. The normalized spacial score (nSPS) is 16.9. The molecule has 0 atom stereocenters. The lowest BCUT2D eigenvalue weighted by Gasteiger charge is -2.34. The van der Waals surface area contributed by atoms with Gasteiger partial charge in [0, 0.05) is 32.7 Å². The van der Waals surface area contributed by atoms with Gasteiger partial charge in [0.25, 0.3) is 0 Å². The molecule has 0 N–H and O–H groups in total. The molecular formula is C20H26N2O2S. The monoisotopic (exact) mass is 358 g/mol. The maximum Gasteiger partial charge on any atom is 0.243 e. The summed E-state index contributed by atoms with van der Waals surface area (Å²) in [6.07, 6.45) is 0. The lowest BCUT2D eigenvalue weighted by molar-refractivity contribution is 0.181. The highest BCUT2D eigenvalue weighted by molar-refractivity contribution is 7.89. The van der Waals surface area contributed by atoms with E-state index in [2.05, 4.69) is 36.1 Å². The molecule has 3 rings (SSSR count). The molecular weight excluding hydrogens is 332 g/mol. The van der Waals surface area contributed by atoms with Crippen LogP contribution in [-0.4, -0.2) is 43.8 Å². The molecule has 0 unspecified atom stereocenters. The fourth-order valence-electron chi connectivity index (χ4n) is 3.22. The van der Waals surface area contributed by atoms with Gasteiger partial charge in [0.2, 0.25) is 10.0 Å². The van der Waals surface area contributed by atoms with Crippen molar-refractivity contribution in [1.82, 2.24) is 9.21 Å². The summed E-state index contributed by atoms with van der Waals surface area (Å²) in [5.41, 5.74) is 4.67. The van der Waals surface area contributed by atoms with Crippen molar-refractivity contribution in [1.29, 1.82) is 0 Å². The molecule has 1 aliphatic heterocycles. The lowest BCUT2D eigenvalue weighted by Crippen LogP contribution is -2.48. The predicted octanol–water partition coefficient (Wildman–Crippen LogP) is 3.12. The standard InChI is InChI=1S/C20H26N2O2S/c1-16-5-4-6-19(13-16)15-21-9-11-22(12-10-21)25(23,24)20-8-7-17(2)18(3)14-20/h4-8,13-14H,9-12,15H2,1-3H3. The number of benzene rings is 2. The van der Waals surface area contributed by atoms with Gasteiger partial charge in [-0.2, -0.15) is 4.31 Å². The topological polar surface area (TPSA) is 40.6 Å². The maximum atomic E-state index is 12.9. The van der Waals surface area contributed by atoms with Crippen molar-refractivity contribution in [3.8, 4) is 0 Å². The van der Waals surface area contributed by atoms with Crippen molar-refractivity contribution >= 4 is 10.0 Å². The Morgan fingerprint density at radius 1 is 0.880 bits per heavy atom. The van der Waals surface area contributed by atoms with E-state index in [1.165, 1.54) is 11.1 Å². The number of piperazine rings is 1. The van der Waals surface area contributed by atoms with E-state index in [1.54, 1.807) is 16.4 Å². The Kier molecular flexibility index (Phi) is 5.27. The molecule has 2 aromatic rings. The molecule has 0 amide bonds. The van der Waals surface area contributed by atoms with E-state index in [4.69, 9.17) is 0 Å². The highest BCUT2D eigenvalue weighted by Crippen LogP contribution is 2.21. The van der Waals surface area contributed by atoms with Gasteiger partial charge in [-0.3, -0.25) is 4.90 Å². The van der Waals surface area contributed by atoms with Gasteiger partial charge in [0.1, 0.15) is 0 Å². The third-order valence-corrected chi connectivity index (χ3v) is 6.83. The highest BCUT2D eigenvalue weighted by Gasteiger charge is 2.28. The minimum absolute atomic E-state index is 0.405. The van der Waals surface area contributed by atoms with E-state index in [0.29, 0.717) is 18.0 Å². The molecule has 2 aromatic carbocycles. The average molecular weight is 359 g/mol. The molecule has 0 spiro atoms. The van der Waals surface area contributed by atoms with Crippen LogP contribution in [0.2, 0.25) is 0 Å². The first-order valence-corrected chi connectivity index (χ1v) is 10.2. The van der Waals surface area contributed by atoms with Gasteiger partial charge in [-0.15, -0.1) is 0 Å². The molecule has 0 radical (unpaired) electrons. The van der Waals surface area contributed by atoms with E-state index < -0.39 is 10.0 Å². The van der Waals surface area contributed by atoms with Crippen molar-refractivity contribution in [2.45, 2.75) is 32.2 Å². The Balaban J connectivity index is 1.66. The summed E-state index contributed by atoms with van der Waals surface area (Å²) < 4.78 is 27.4. The second-order valence-corrected chi connectivity index (χ2v) is 8.85. The van der Waals surface area contributed by atoms with Gasteiger partial charge in [0.05, 0.1) is 4.90 Å². The maximum absolute atomic E-state index is 12.9. The molecule has 1 fully saturated rings. The smallest absolute Gasteiger partial charge is 0.243 e. The van der Waals surface area contributed by atoms with Crippen LogP contribution in [-0.2, 0) is 16.6 Å². The van der Waals surface area contributed by atoms with Crippen LogP contribution in [0, 0.1) is 20.8 Å². The Hall–Kier alpha value is -1.69. The second-order valence-electron chi connectivity index (χ2n) is 6.92. The fraction of sp³-hybridized carbons (Fsp3) is 0.400. The van der Waals surface area contributed by atoms with E-state index in [1.807, 2.05) is 19.9 Å². The quantitative estimate of drug-likeness (QED) is 0.843. The van der Waals surface area contributed by atoms with Crippen molar-refractivity contribution in [2.24, 2.45) is 0 Å². The summed E-state index contributed by atoms with van der Waals surface area (Å²) in [5, 5.41) is 0. The van der Waals surface area contributed by atoms with Crippen LogP contribution in [0.25, 0.3) is 0 Å². The van der Waals surface area contributed by atoms with Gasteiger partial charge in [-0.05, 0) is 49.6 Å². The van der Waals surface area contributed by atoms with Crippen LogP contribution in [0.4, 0.5) is 0 Å². The molecule has 0 aliphatic carbocycles. The first-order valence-electron chi connectivity index (χ1n) is 8.71. The zero-order chi connectivity index (χ0) is 18.0. The highest BCUT2D eigenvalue weighted by atomic mass is 32.2. The lowest BCUT2D eigenvalue weighted by atomic mass is 10.1. The second kappa shape index (κ2) is 7.28. The predicted molar refractivity (Wildman–Crippen MR) is 101 cm³/mol. The Morgan fingerprint density at radius 2 is 1.60 bits per heavy atom. The summed E-state index contributed by atoms with van der Waals surface area (Å²) in [5.74, 6) is 0. The number of nitrogens with zero attached hydrogens (tertiary/aromatic N) is 2. The van der Waals surface area contributed by atoms with Crippen LogP contribution in [0.15, 0.2) is 47.4 Å². The molecule has 0 aromatic heterocycles. The van der Waals surface area contributed by atoms with Crippen molar-refractivity contribution < 1.29 is 8.42 Å². The summed E-state index contributed by atoms with van der Waals surface area (Å²) in [6, 6.07) is 13.9. The van der Waals surface area contributed by atoms with Gasteiger partial charge in [-0.25, -0.2) is 8.42 Å². The largest absolute Gasteiger partial charge is 0.296 e. The molecule has 1 heterocycles. The zero-order valence-corrected chi connectivity index (χ0v) is 16.0. The summed E-state index contributed by atoms with van der Waals surface area (Å²) >= 11 is 0. The van der Waals surface area contributed by atoms with E-state index in [-0.39, 0.29) is 0 Å². The number of hydrogen-bond donors (Lipinski definition) is 0. The number of hydrogen-bond acceptors (Lipinski definition) is 3. The van der Waals surface area contributed by atoms with Gasteiger partial charge >= 0.3 is 0 Å². The molecule has 1 aliphatic rings. The summed E-state index contributed by atoms with van der Waals surface area (Å²) in [4.78, 5) is 2.73. The average Bonchev–Trinajstić information content (AvgIpc) is 2.58. The van der Waals surface area contributed by atoms with Crippen molar-refractivity contribution in [2.75, 3.05) is 26.2 Å². The van der Waals surface area contributed by atoms with E-state index in [0.717, 1.165) is 30.8 Å². The number of aryl methyl sites for hydroxylation is 3. The molecule has 134 valence electrons. The molecule has 0 saturated carbocycles. The van der Waals surface area contributed by atoms with Crippen LogP contribution in [0.1, 0.15) is 22.3 Å². The van der Waals surface area contributed by atoms with Crippen molar-refractivity contribution in [3.05, 3.63) is 64.7 Å². The van der Waals surface area contributed by atoms with Gasteiger partial charge in [0.15, 0.2) is 0 Å². The van der Waals surface area contributed by atoms with Gasteiger partial charge in [-0.1, -0.05) is 35.9 Å². The van der Waals surface area contributed by atoms with Crippen LogP contribution < -0.4 is 0 Å². The molecule has 25 heavy (non-hydrogen) atoms. The number of sulfonamides is 1. The third kappa shape index (κ3) is 4.11. The number of rotatable bonds is 4. The first-order chi connectivity index (χ1) is 11.9. The van der Waals surface area contributed by atoms with Gasteiger partial charge < -0.3 is 0 Å². The zero-order valence-electron chi connectivity index (χ0n) is 15.2. The Labute approximate surface area is 151 Å².